The molecule has 0 aliphatic carbocycles. The zero-order chi connectivity index (χ0) is 15.2. The van der Waals surface area contributed by atoms with Crippen molar-refractivity contribution in [3.05, 3.63) is 65.2 Å². The summed E-state index contributed by atoms with van der Waals surface area (Å²) in [6.45, 7) is 6.86. The Morgan fingerprint density at radius 3 is 2.48 bits per heavy atom. The van der Waals surface area contributed by atoms with Crippen LogP contribution in [0.5, 0.6) is 5.75 Å². The SMILES string of the molecule is CC(C)=NCCC(c1ccccc1)c1cc(C)ccc1O. The molecule has 0 spiro atoms. The third-order valence-electron chi connectivity index (χ3n) is 3.61. The van der Waals surface area contributed by atoms with Crippen molar-refractivity contribution in [2.75, 3.05) is 6.54 Å². The molecule has 0 fully saturated rings. The Hall–Kier alpha value is -2.09. The maximum Gasteiger partial charge on any atom is 0.119 e. The normalized spacial score (nSPS) is 12.0. The molecule has 2 aromatic carbocycles. The van der Waals surface area contributed by atoms with Gasteiger partial charge in [0.05, 0.1) is 0 Å². The summed E-state index contributed by atoms with van der Waals surface area (Å²) in [7, 11) is 0. The number of aliphatic imine (C=N–C) groups is 1. The minimum Gasteiger partial charge on any atom is -0.508 e. The fourth-order valence-electron chi connectivity index (χ4n) is 2.56. The highest BCUT2D eigenvalue weighted by molar-refractivity contribution is 5.79. The van der Waals surface area contributed by atoms with Gasteiger partial charge in [-0.15, -0.1) is 0 Å². The van der Waals surface area contributed by atoms with Gasteiger partial charge >= 0.3 is 0 Å². The maximum absolute atomic E-state index is 10.2. The van der Waals surface area contributed by atoms with Gasteiger partial charge in [0.1, 0.15) is 5.75 Å². The lowest BCUT2D eigenvalue weighted by molar-refractivity contribution is 0.463. The Bertz CT molecular complexity index is 613. The highest BCUT2D eigenvalue weighted by atomic mass is 16.3. The van der Waals surface area contributed by atoms with Gasteiger partial charge in [-0.3, -0.25) is 4.99 Å². The highest BCUT2D eigenvalue weighted by Gasteiger charge is 2.17. The average Bonchev–Trinajstić information content (AvgIpc) is 2.47. The molecular formula is C19H23NO. The van der Waals surface area contributed by atoms with E-state index in [0.717, 1.165) is 24.2 Å². The van der Waals surface area contributed by atoms with E-state index < -0.39 is 0 Å². The second-order valence-corrected chi connectivity index (χ2v) is 5.64. The monoisotopic (exact) mass is 281 g/mol. The van der Waals surface area contributed by atoms with Crippen LogP contribution in [-0.4, -0.2) is 17.4 Å². The van der Waals surface area contributed by atoms with E-state index in [9.17, 15) is 5.11 Å². The third-order valence-corrected chi connectivity index (χ3v) is 3.61. The molecule has 0 aliphatic heterocycles. The second-order valence-electron chi connectivity index (χ2n) is 5.64. The largest absolute Gasteiger partial charge is 0.508 e. The fourth-order valence-corrected chi connectivity index (χ4v) is 2.56. The average molecular weight is 281 g/mol. The van der Waals surface area contributed by atoms with Crippen LogP contribution in [0.4, 0.5) is 0 Å². The number of hydrogen-bond donors (Lipinski definition) is 1. The van der Waals surface area contributed by atoms with Crippen molar-refractivity contribution in [1.82, 2.24) is 0 Å². The summed E-state index contributed by atoms with van der Waals surface area (Å²) in [6.07, 6.45) is 0.895. The molecule has 2 rings (SSSR count). The zero-order valence-electron chi connectivity index (χ0n) is 13.0. The Kier molecular flexibility index (Phi) is 5.15. The number of hydrogen-bond acceptors (Lipinski definition) is 2. The molecule has 21 heavy (non-hydrogen) atoms. The number of nitrogens with zero attached hydrogens (tertiary/aromatic N) is 1. The molecule has 2 heteroatoms. The molecule has 2 aromatic rings. The van der Waals surface area contributed by atoms with Gasteiger partial charge < -0.3 is 5.11 Å². The molecule has 1 atom stereocenters. The van der Waals surface area contributed by atoms with E-state index in [2.05, 4.69) is 30.1 Å². The minimum atomic E-state index is 0.175. The van der Waals surface area contributed by atoms with Crippen LogP contribution in [0.3, 0.4) is 0 Å². The van der Waals surface area contributed by atoms with E-state index in [1.54, 1.807) is 6.07 Å². The summed E-state index contributed by atoms with van der Waals surface area (Å²) in [6, 6.07) is 16.2. The molecule has 0 bridgehead atoms. The van der Waals surface area contributed by atoms with E-state index in [1.807, 2.05) is 38.1 Å². The van der Waals surface area contributed by atoms with E-state index in [1.165, 1.54) is 11.1 Å². The van der Waals surface area contributed by atoms with Crippen molar-refractivity contribution in [3.63, 3.8) is 0 Å². The topological polar surface area (TPSA) is 32.6 Å². The number of rotatable bonds is 5. The van der Waals surface area contributed by atoms with Crippen molar-refractivity contribution in [1.29, 1.82) is 0 Å². The molecule has 1 unspecified atom stereocenters. The summed E-state index contributed by atoms with van der Waals surface area (Å²) in [5, 5.41) is 10.2. The molecule has 0 saturated heterocycles. The number of aryl methyl sites for hydroxylation is 1. The molecule has 110 valence electrons. The first kappa shape index (κ1) is 15.3. The standard InChI is InChI=1S/C19H23NO/c1-14(2)20-12-11-17(16-7-5-4-6-8-16)18-13-15(3)9-10-19(18)21/h4-10,13,17,21H,11-12H2,1-3H3. The van der Waals surface area contributed by atoms with Gasteiger partial charge in [-0.1, -0.05) is 48.0 Å². The molecular weight excluding hydrogens is 258 g/mol. The summed E-state index contributed by atoms with van der Waals surface area (Å²) in [5.74, 6) is 0.542. The van der Waals surface area contributed by atoms with Gasteiger partial charge in [-0.05, 0) is 38.8 Å². The minimum absolute atomic E-state index is 0.175. The first-order valence-electron chi connectivity index (χ1n) is 7.40. The molecule has 0 aromatic heterocycles. The third kappa shape index (κ3) is 4.19. The maximum atomic E-state index is 10.2. The number of benzene rings is 2. The molecule has 0 heterocycles. The Morgan fingerprint density at radius 2 is 1.81 bits per heavy atom. The van der Waals surface area contributed by atoms with Crippen LogP contribution in [0.15, 0.2) is 53.5 Å². The lowest BCUT2D eigenvalue weighted by atomic mass is 9.87. The van der Waals surface area contributed by atoms with Gasteiger partial charge in [0.15, 0.2) is 0 Å². The van der Waals surface area contributed by atoms with Crippen molar-refractivity contribution in [2.45, 2.75) is 33.1 Å². The van der Waals surface area contributed by atoms with Crippen LogP contribution in [0.2, 0.25) is 0 Å². The summed E-state index contributed by atoms with van der Waals surface area (Å²) in [5.41, 5.74) is 4.47. The van der Waals surface area contributed by atoms with Crippen LogP contribution in [0, 0.1) is 6.92 Å². The molecule has 0 amide bonds. The zero-order valence-corrected chi connectivity index (χ0v) is 13.0. The van der Waals surface area contributed by atoms with E-state index >= 15 is 0 Å². The van der Waals surface area contributed by atoms with E-state index in [-0.39, 0.29) is 5.92 Å². The van der Waals surface area contributed by atoms with Gasteiger partial charge in [0, 0.05) is 23.7 Å². The van der Waals surface area contributed by atoms with Crippen molar-refractivity contribution < 1.29 is 5.11 Å². The second kappa shape index (κ2) is 7.07. The summed E-state index contributed by atoms with van der Waals surface area (Å²) < 4.78 is 0. The van der Waals surface area contributed by atoms with Crippen molar-refractivity contribution >= 4 is 5.71 Å². The van der Waals surface area contributed by atoms with E-state index in [4.69, 9.17) is 0 Å². The summed E-state index contributed by atoms with van der Waals surface area (Å²) >= 11 is 0. The predicted octanol–water partition coefficient (Wildman–Crippen LogP) is 4.70. The lowest BCUT2D eigenvalue weighted by Crippen LogP contribution is -2.04. The van der Waals surface area contributed by atoms with Crippen LogP contribution >= 0.6 is 0 Å². The van der Waals surface area contributed by atoms with Crippen LogP contribution in [-0.2, 0) is 0 Å². The smallest absolute Gasteiger partial charge is 0.119 e. The molecule has 0 saturated carbocycles. The van der Waals surface area contributed by atoms with Crippen LogP contribution in [0.1, 0.15) is 42.9 Å². The fraction of sp³-hybridized carbons (Fsp3) is 0.316. The first-order valence-corrected chi connectivity index (χ1v) is 7.40. The van der Waals surface area contributed by atoms with Gasteiger partial charge in [0.2, 0.25) is 0 Å². The molecule has 2 nitrogen and oxygen atoms in total. The highest BCUT2D eigenvalue weighted by Crippen LogP contribution is 2.34. The predicted molar refractivity (Wildman–Crippen MR) is 89.4 cm³/mol. The van der Waals surface area contributed by atoms with Crippen LogP contribution < -0.4 is 0 Å². The van der Waals surface area contributed by atoms with E-state index in [0.29, 0.717) is 5.75 Å². The number of phenolic OH excluding ortho intramolecular Hbond substituents is 1. The van der Waals surface area contributed by atoms with Gasteiger partial charge in [-0.25, -0.2) is 0 Å². The lowest BCUT2D eigenvalue weighted by Gasteiger charge is -2.19. The Balaban J connectivity index is 2.35. The van der Waals surface area contributed by atoms with Gasteiger partial charge in [-0.2, -0.15) is 0 Å². The Morgan fingerprint density at radius 1 is 1.10 bits per heavy atom. The summed E-state index contributed by atoms with van der Waals surface area (Å²) in [4.78, 5) is 4.50. The molecule has 1 N–H and O–H groups in total. The van der Waals surface area contributed by atoms with Crippen LogP contribution in [0.25, 0.3) is 0 Å². The molecule has 0 radical (unpaired) electrons. The van der Waals surface area contributed by atoms with Gasteiger partial charge in [0.25, 0.3) is 0 Å². The Labute approximate surface area is 127 Å². The quantitative estimate of drug-likeness (QED) is 0.791. The number of phenols is 1. The first-order chi connectivity index (χ1) is 10.1. The number of aromatic hydroxyl groups is 1. The van der Waals surface area contributed by atoms with Crippen molar-refractivity contribution in [3.8, 4) is 5.75 Å². The van der Waals surface area contributed by atoms with Crippen molar-refractivity contribution in [2.24, 2.45) is 4.99 Å². The molecule has 0 aliphatic rings.